The molecule has 0 unspecified atom stereocenters. The summed E-state index contributed by atoms with van der Waals surface area (Å²) >= 11 is 14.1. The molecule has 0 aliphatic heterocycles. The van der Waals surface area contributed by atoms with Crippen molar-refractivity contribution in [2.24, 2.45) is 0 Å². The van der Waals surface area contributed by atoms with E-state index in [4.69, 9.17) is 45.6 Å². The number of aromatic nitrogens is 4. The Bertz CT molecular complexity index is 744. The van der Waals surface area contributed by atoms with Crippen LogP contribution in [0.15, 0.2) is 24.8 Å². The van der Waals surface area contributed by atoms with Crippen molar-refractivity contribution in [1.29, 1.82) is 10.8 Å². The molecule has 2 N–H and O–H groups in total. The van der Waals surface area contributed by atoms with E-state index in [-0.39, 0.29) is 0 Å². The van der Waals surface area contributed by atoms with E-state index in [0.717, 1.165) is 6.21 Å². The number of hydrogen-bond acceptors (Lipinski definition) is 6. The van der Waals surface area contributed by atoms with E-state index in [1.165, 1.54) is 76.6 Å². The maximum absolute atomic E-state index is 7.81. The molecule has 0 spiro atoms. The number of unbranched alkanes of at least 4 members (excludes halogenated alkanes) is 3. The predicted octanol–water partition coefficient (Wildman–Crippen LogP) is 12.0. The van der Waals surface area contributed by atoms with Crippen LogP contribution in [0.4, 0.5) is 0 Å². The Morgan fingerprint density at radius 2 is 0.925 bits per heavy atom. The molecule has 2 aromatic heterocycles. The van der Waals surface area contributed by atoms with Crippen molar-refractivity contribution in [1.82, 2.24) is 19.9 Å². The molecule has 6 nitrogen and oxygen atoms in total. The molecule has 2 heterocycles. The molecule has 0 bridgehead atoms. The first kappa shape index (κ1) is 48.9. The van der Waals surface area contributed by atoms with Gasteiger partial charge in [0.15, 0.2) is 0 Å². The van der Waals surface area contributed by atoms with Crippen LogP contribution in [0.5, 0.6) is 0 Å². The summed E-state index contributed by atoms with van der Waals surface area (Å²) in [7, 11) is 0. The fourth-order valence-corrected chi connectivity index (χ4v) is 15.8. The van der Waals surface area contributed by atoms with Crippen molar-refractivity contribution in [2.75, 3.05) is 0 Å². The van der Waals surface area contributed by atoms with Crippen LogP contribution >= 0.6 is 34.8 Å². The molecule has 0 fully saturated rings. The van der Waals surface area contributed by atoms with Crippen molar-refractivity contribution < 1.29 is 0 Å². The van der Waals surface area contributed by atoms with Crippen LogP contribution in [0, 0.1) is 10.8 Å². The molecule has 0 radical (unpaired) electrons. The smallest absolute Gasteiger partial charge is 0.149 e. The summed E-state index contributed by atoms with van der Waals surface area (Å²) in [4.78, 5) is 14.8. The summed E-state index contributed by atoms with van der Waals surface area (Å²) in [5.74, 6) is 0. The third kappa shape index (κ3) is 31.7. The molecule has 2 rings (SSSR count). The zero-order valence-corrected chi connectivity index (χ0v) is 32.4. The Kier molecular flexibility index (Phi) is 49.3. The van der Waals surface area contributed by atoms with Crippen LogP contribution in [-0.2, 0) is 0 Å². The number of nitrogens with one attached hydrogen (secondary N) is 2. The molecule has 0 atom stereocenters. The van der Waals surface area contributed by atoms with Gasteiger partial charge in [-0.1, -0.05) is 90.2 Å². The average molecular weight is 729 g/mol. The second kappa shape index (κ2) is 40.3. The first-order valence-corrected chi connectivity index (χ1v) is 23.8. The molecule has 0 aliphatic carbocycles. The van der Waals surface area contributed by atoms with Gasteiger partial charge in [-0.25, -0.2) is 9.97 Å². The zero-order valence-electron chi connectivity index (χ0n) is 27.3. The van der Waals surface area contributed by atoms with Gasteiger partial charge in [0.2, 0.25) is 0 Å². The van der Waals surface area contributed by atoms with Crippen molar-refractivity contribution >= 4 is 63.6 Å². The molecule has 10 heteroatoms. The third-order valence-electron chi connectivity index (χ3n) is 4.74. The second-order valence-electron chi connectivity index (χ2n) is 7.39. The number of rotatable bonds is 11. The summed E-state index contributed by atoms with van der Waals surface area (Å²) in [6.45, 7) is 22.8. The van der Waals surface area contributed by atoms with E-state index in [9.17, 15) is 0 Å². The molecular formula is C30H59Cl3N6Sn. The minimum absolute atomic E-state index is 0.316. The van der Waals surface area contributed by atoms with Crippen LogP contribution in [0.25, 0.3) is 0 Å². The van der Waals surface area contributed by atoms with Crippen molar-refractivity contribution in [3.05, 3.63) is 45.9 Å². The first-order chi connectivity index (χ1) is 19.4. The van der Waals surface area contributed by atoms with Gasteiger partial charge in [0.05, 0.1) is 24.8 Å². The Morgan fingerprint density at radius 1 is 0.600 bits per heavy atom. The SMILES string of the molecule is CC.CC.CC.CC.CCC[CH2][Sn]([CH]=N)([CH2]CCC)[CH2]CCC.Clc1cncc(Cl)n1.N=Cc1cncc(Cl)n1. The van der Waals surface area contributed by atoms with Crippen LogP contribution in [0.2, 0.25) is 28.8 Å². The molecular weight excluding hydrogens is 669 g/mol. The molecule has 2 aromatic rings. The fraction of sp³-hybridized carbons (Fsp3) is 0.667. The summed E-state index contributed by atoms with van der Waals surface area (Å²) in [6, 6.07) is 0. The molecule has 0 saturated carbocycles. The van der Waals surface area contributed by atoms with Gasteiger partial charge in [-0.05, 0) is 0 Å². The summed E-state index contributed by atoms with van der Waals surface area (Å²) in [5, 5.41) is 15.5. The molecule has 0 aromatic carbocycles. The summed E-state index contributed by atoms with van der Waals surface area (Å²) in [6.07, 6.45) is 14.9. The van der Waals surface area contributed by atoms with Gasteiger partial charge in [0.1, 0.15) is 21.2 Å². The quantitative estimate of drug-likeness (QED) is 0.178. The monoisotopic (exact) mass is 728 g/mol. The molecule has 0 saturated heterocycles. The second-order valence-corrected chi connectivity index (χ2v) is 21.4. The maximum atomic E-state index is 7.81. The van der Waals surface area contributed by atoms with E-state index >= 15 is 0 Å². The Labute approximate surface area is 266 Å². The van der Waals surface area contributed by atoms with Gasteiger partial charge in [-0.3, -0.25) is 9.97 Å². The van der Waals surface area contributed by atoms with E-state index in [2.05, 4.69) is 40.7 Å². The van der Waals surface area contributed by atoms with Crippen LogP contribution in [0.1, 0.15) is 120 Å². The molecule has 40 heavy (non-hydrogen) atoms. The maximum Gasteiger partial charge on any atom is 0.149 e. The predicted molar refractivity (Wildman–Crippen MR) is 186 cm³/mol. The number of halogens is 3. The van der Waals surface area contributed by atoms with Crippen molar-refractivity contribution in [2.45, 2.75) is 128 Å². The first-order valence-electron chi connectivity index (χ1n) is 15.0. The standard InChI is InChI=1S/C5H4ClN3.C4H2Cl2N2.3C4H9.4C2H6.CH2N.Sn/c6-5-3-8-2-4(1-7)9-5;5-3-1-7-2-4(6)8-3;3*1-3-4-2;5*1-2;/h1-3,7H;1-2H;3*1,3-4H2,2H3;4*1-2H3;1-2H;. The van der Waals surface area contributed by atoms with Crippen molar-refractivity contribution in [3.8, 4) is 0 Å². The van der Waals surface area contributed by atoms with E-state index in [1.807, 2.05) is 59.6 Å². The van der Waals surface area contributed by atoms with Crippen LogP contribution in [0.3, 0.4) is 0 Å². The topological polar surface area (TPSA) is 99.3 Å². The molecule has 0 aliphatic rings. The molecule has 234 valence electrons. The average Bonchev–Trinajstić information content (AvgIpc) is 3.01. The van der Waals surface area contributed by atoms with E-state index in [0.29, 0.717) is 21.2 Å². The Morgan fingerprint density at radius 3 is 1.12 bits per heavy atom. The van der Waals surface area contributed by atoms with Gasteiger partial charge in [0, 0.05) is 6.21 Å². The normalized spacial score (nSPS) is 8.85. The van der Waals surface area contributed by atoms with Gasteiger partial charge in [-0.2, -0.15) is 0 Å². The minimum atomic E-state index is -2.07. The summed E-state index contributed by atoms with van der Waals surface area (Å²) in [5.41, 5.74) is 0.475. The van der Waals surface area contributed by atoms with Gasteiger partial charge in [0.25, 0.3) is 0 Å². The van der Waals surface area contributed by atoms with Crippen molar-refractivity contribution in [3.63, 3.8) is 0 Å². The van der Waals surface area contributed by atoms with E-state index < -0.39 is 18.4 Å². The van der Waals surface area contributed by atoms with Gasteiger partial charge >= 0.3 is 101 Å². The summed E-state index contributed by atoms with van der Waals surface area (Å²) < 4.78 is 6.29. The van der Waals surface area contributed by atoms with Crippen LogP contribution < -0.4 is 0 Å². The number of nitrogens with zero attached hydrogens (tertiary/aromatic N) is 4. The van der Waals surface area contributed by atoms with Gasteiger partial charge < -0.3 is 5.41 Å². The fourth-order valence-electron chi connectivity index (χ4n) is 2.92. The zero-order chi connectivity index (χ0) is 32.2. The van der Waals surface area contributed by atoms with Crippen LogP contribution in [-0.4, -0.2) is 48.8 Å². The van der Waals surface area contributed by atoms with Gasteiger partial charge in [-0.15, -0.1) is 0 Å². The third-order valence-corrected chi connectivity index (χ3v) is 18.6. The van der Waals surface area contributed by atoms with E-state index in [1.54, 1.807) is 0 Å². The Balaban J connectivity index is -0.000000141. The largest absolute Gasteiger partial charge is 0.306 e. The molecule has 0 amide bonds. The Hall–Kier alpha value is -0.831. The number of hydrogen-bond donors (Lipinski definition) is 2. The minimum Gasteiger partial charge on any atom is -0.306 e.